The summed E-state index contributed by atoms with van der Waals surface area (Å²) in [6.45, 7) is 7.81. The molecule has 0 N–H and O–H groups in total. The summed E-state index contributed by atoms with van der Waals surface area (Å²) in [6.07, 6.45) is 5.62. The molecule has 4 atom stereocenters. The average molecular weight is 198 g/mol. The molecule has 0 aromatic heterocycles. The molecule has 2 rings (SSSR count). The highest BCUT2D eigenvalue weighted by atomic mass is 32.2. The first-order valence-corrected chi connectivity index (χ1v) is 6.38. The monoisotopic (exact) mass is 198 g/mol. The Bertz CT molecular complexity index is 180. The molecule has 2 aliphatic rings. The second-order valence-corrected chi connectivity index (χ2v) is 5.97. The van der Waals surface area contributed by atoms with Crippen LogP contribution in [0.25, 0.3) is 0 Å². The molecule has 0 nitrogen and oxygen atoms in total. The van der Waals surface area contributed by atoms with E-state index in [1.807, 2.05) is 11.8 Å². The van der Waals surface area contributed by atoms with Gasteiger partial charge < -0.3 is 0 Å². The first kappa shape index (κ1) is 8.76. The Morgan fingerprint density at radius 3 is 2.58 bits per heavy atom. The van der Waals surface area contributed by atoms with Crippen LogP contribution in [0.3, 0.4) is 0 Å². The lowest BCUT2D eigenvalue weighted by Crippen LogP contribution is -2.17. The van der Waals surface area contributed by atoms with Crippen LogP contribution in [0, 0.1) is 5.92 Å². The standard InChI is InChI=1S/C10H14S2/c1-3-8-7-5-6-11-10(7)9(4-2)12-8/h3-4,7-10H,1-2,5-6H2. The van der Waals surface area contributed by atoms with Gasteiger partial charge in [0, 0.05) is 15.7 Å². The van der Waals surface area contributed by atoms with E-state index >= 15 is 0 Å². The Hall–Kier alpha value is 0.180. The number of hydrogen-bond donors (Lipinski definition) is 0. The van der Waals surface area contributed by atoms with Crippen LogP contribution in [-0.4, -0.2) is 21.5 Å². The van der Waals surface area contributed by atoms with Gasteiger partial charge in [-0.3, -0.25) is 0 Å². The Morgan fingerprint density at radius 1 is 1.17 bits per heavy atom. The lowest BCUT2D eigenvalue weighted by atomic mass is 9.96. The highest BCUT2D eigenvalue weighted by Crippen LogP contribution is 2.51. The fraction of sp³-hybridized carbons (Fsp3) is 0.600. The van der Waals surface area contributed by atoms with Crippen LogP contribution in [0.4, 0.5) is 0 Å². The molecule has 0 aromatic carbocycles. The van der Waals surface area contributed by atoms with Gasteiger partial charge >= 0.3 is 0 Å². The number of fused-ring (bicyclic) bond motifs is 1. The van der Waals surface area contributed by atoms with Crippen molar-refractivity contribution in [1.82, 2.24) is 0 Å². The molecule has 2 heteroatoms. The molecule has 2 heterocycles. The van der Waals surface area contributed by atoms with E-state index in [4.69, 9.17) is 0 Å². The third-order valence-corrected chi connectivity index (χ3v) is 6.04. The van der Waals surface area contributed by atoms with E-state index < -0.39 is 0 Å². The number of hydrogen-bond acceptors (Lipinski definition) is 2. The van der Waals surface area contributed by atoms with Crippen molar-refractivity contribution in [2.24, 2.45) is 5.92 Å². The van der Waals surface area contributed by atoms with Gasteiger partial charge in [0.25, 0.3) is 0 Å². The zero-order valence-corrected chi connectivity index (χ0v) is 8.74. The first-order chi connectivity index (χ1) is 5.86. The molecule has 0 aliphatic carbocycles. The zero-order valence-electron chi connectivity index (χ0n) is 7.11. The van der Waals surface area contributed by atoms with Gasteiger partial charge in [-0.25, -0.2) is 0 Å². The second kappa shape index (κ2) is 3.51. The molecular weight excluding hydrogens is 184 g/mol. The minimum Gasteiger partial charge on any atom is -0.157 e. The van der Waals surface area contributed by atoms with Crippen LogP contribution in [0.2, 0.25) is 0 Å². The Labute approximate surface area is 82.9 Å². The molecule has 66 valence electrons. The van der Waals surface area contributed by atoms with E-state index in [1.165, 1.54) is 12.2 Å². The molecule has 0 saturated carbocycles. The lowest BCUT2D eigenvalue weighted by molar-refractivity contribution is 0.564. The third kappa shape index (κ3) is 1.25. The van der Waals surface area contributed by atoms with Gasteiger partial charge in [-0.05, 0) is 18.1 Å². The summed E-state index contributed by atoms with van der Waals surface area (Å²) < 4.78 is 0. The minimum absolute atomic E-state index is 0.672. The van der Waals surface area contributed by atoms with Crippen LogP contribution < -0.4 is 0 Å². The van der Waals surface area contributed by atoms with Gasteiger partial charge in [0.05, 0.1) is 0 Å². The van der Waals surface area contributed by atoms with Gasteiger partial charge in [-0.1, -0.05) is 12.2 Å². The van der Waals surface area contributed by atoms with Gasteiger partial charge in [0.15, 0.2) is 0 Å². The quantitative estimate of drug-likeness (QED) is 0.626. The third-order valence-electron chi connectivity index (χ3n) is 2.71. The van der Waals surface area contributed by atoms with Crippen molar-refractivity contribution < 1.29 is 0 Å². The average Bonchev–Trinajstić information content (AvgIpc) is 2.63. The maximum absolute atomic E-state index is 3.91. The summed E-state index contributed by atoms with van der Waals surface area (Å²) in [5, 5.41) is 2.19. The van der Waals surface area contributed by atoms with Gasteiger partial charge in [0.2, 0.25) is 0 Å². The molecule has 2 fully saturated rings. The molecule has 4 unspecified atom stereocenters. The van der Waals surface area contributed by atoms with Crippen molar-refractivity contribution in [3.05, 3.63) is 25.3 Å². The largest absolute Gasteiger partial charge is 0.157 e. The van der Waals surface area contributed by atoms with Crippen LogP contribution in [0.5, 0.6) is 0 Å². The number of thioether (sulfide) groups is 2. The minimum atomic E-state index is 0.672. The van der Waals surface area contributed by atoms with E-state index in [-0.39, 0.29) is 0 Å². The smallest absolute Gasteiger partial charge is 0.0352 e. The molecule has 0 radical (unpaired) electrons. The van der Waals surface area contributed by atoms with E-state index in [0.29, 0.717) is 10.5 Å². The van der Waals surface area contributed by atoms with Crippen LogP contribution >= 0.6 is 23.5 Å². The molecule has 0 amide bonds. The van der Waals surface area contributed by atoms with Crippen molar-refractivity contribution >= 4 is 23.5 Å². The van der Waals surface area contributed by atoms with Gasteiger partial charge in [-0.15, -0.1) is 24.9 Å². The molecule has 0 bridgehead atoms. The van der Waals surface area contributed by atoms with Crippen molar-refractivity contribution in [2.45, 2.75) is 22.2 Å². The van der Waals surface area contributed by atoms with Crippen LogP contribution in [0.15, 0.2) is 25.3 Å². The highest BCUT2D eigenvalue weighted by molar-refractivity contribution is 8.05. The van der Waals surface area contributed by atoms with Crippen molar-refractivity contribution in [1.29, 1.82) is 0 Å². The fourth-order valence-electron chi connectivity index (χ4n) is 2.10. The van der Waals surface area contributed by atoms with Crippen molar-refractivity contribution in [2.75, 3.05) is 5.75 Å². The summed E-state index contributed by atoms with van der Waals surface area (Å²) in [4.78, 5) is 0. The van der Waals surface area contributed by atoms with Crippen LogP contribution in [0.1, 0.15) is 6.42 Å². The van der Waals surface area contributed by atoms with Crippen molar-refractivity contribution in [3.8, 4) is 0 Å². The SMILES string of the molecule is C=CC1SC(C=C)C2SCCC12. The Morgan fingerprint density at radius 2 is 1.92 bits per heavy atom. The predicted octanol–water partition coefficient (Wildman–Crippen LogP) is 2.96. The van der Waals surface area contributed by atoms with Crippen molar-refractivity contribution in [3.63, 3.8) is 0 Å². The summed E-state index contributed by atoms with van der Waals surface area (Å²) in [6, 6.07) is 0. The summed E-state index contributed by atoms with van der Waals surface area (Å²) in [5.41, 5.74) is 0. The summed E-state index contributed by atoms with van der Waals surface area (Å²) >= 11 is 4.17. The normalized spacial score (nSPS) is 45.7. The van der Waals surface area contributed by atoms with Gasteiger partial charge in [-0.2, -0.15) is 11.8 Å². The topological polar surface area (TPSA) is 0 Å². The Balaban J connectivity index is 2.15. The maximum Gasteiger partial charge on any atom is 0.0352 e. The Kier molecular flexibility index (Phi) is 2.56. The molecule has 0 aromatic rings. The zero-order chi connectivity index (χ0) is 8.55. The molecular formula is C10H14S2. The predicted molar refractivity (Wildman–Crippen MR) is 59.9 cm³/mol. The molecule has 2 saturated heterocycles. The van der Waals surface area contributed by atoms with Gasteiger partial charge in [0.1, 0.15) is 0 Å². The first-order valence-electron chi connectivity index (χ1n) is 4.39. The van der Waals surface area contributed by atoms with E-state index in [9.17, 15) is 0 Å². The fourth-order valence-corrected chi connectivity index (χ4v) is 5.61. The molecule has 12 heavy (non-hydrogen) atoms. The van der Waals surface area contributed by atoms with E-state index in [1.54, 1.807) is 0 Å². The van der Waals surface area contributed by atoms with Crippen LogP contribution in [-0.2, 0) is 0 Å². The van der Waals surface area contributed by atoms with E-state index in [2.05, 4.69) is 37.1 Å². The lowest BCUT2D eigenvalue weighted by Gasteiger charge is -2.12. The number of rotatable bonds is 2. The highest BCUT2D eigenvalue weighted by Gasteiger charge is 2.44. The van der Waals surface area contributed by atoms with E-state index in [0.717, 1.165) is 11.2 Å². The maximum atomic E-state index is 3.91. The summed E-state index contributed by atoms with van der Waals surface area (Å²) in [7, 11) is 0. The molecule has 0 spiro atoms. The second-order valence-electron chi connectivity index (χ2n) is 3.32. The summed E-state index contributed by atoms with van der Waals surface area (Å²) in [5.74, 6) is 2.21. The molecule has 2 aliphatic heterocycles.